The molecule has 3 nitrogen and oxygen atoms in total. The van der Waals surface area contributed by atoms with Crippen LogP contribution < -0.4 is 10.5 Å². The number of rotatable bonds is 5. The Labute approximate surface area is 114 Å². The number of likely N-dealkylation sites (tertiary alicyclic amines) is 1. The fourth-order valence-corrected chi connectivity index (χ4v) is 2.81. The van der Waals surface area contributed by atoms with Crippen molar-refractivity contribution in [3.63, 3.8) is 0 Å². The number of benzene rings is 1. The van der Waals surface area contributed by atoms with Gasteiger partial charge in [-0.25, -0.2) is 4.39 Å². The van der Waals surface area contributed by atoms with Gasteiger partial charge in [0, 0.05) is 5.56 Å². The quantitative estimate of drug-likeness (QED) is 0.889. The van der Waals surface area contributed by atoms with Crippen molar-refractivity contribution >= 4 is 0 Å². The van der Waals surface area contributed by atoms with Crippen molar-refractivity contribution in [3.8, 4) is 5.75 Å². The monoisotopic (exact) mass is 266 g/mol. The first-order valence-electron chi connectivity index (χ1n) is 7.00. The van der Waals surface area contributed by atoms with Crippen molar-refractivity contribution < 1.29 is 9.13 Å². The number of piperidine rings is 1. The lowest BCUT2D eigenvalue weighted by Crippen LogP contribution is -2.34. The van der Waals surface area contributed by atoms with E-state index in [0.717, 1.165) is 56.8 Å². The van der Waals surface area contributed by atoms with Crippen molar-refractivity contribution in [1.82, 2.24) is 4.90 Å². The Kier molecular flexibility index (Phi) is 5.16. The molecule has 2 N–H and O–H groups in total. The van der Waals surface area contributed by atoms with Gasteiger partial charge in [0.2, 0.25) is 0 Å². The van der Waals surface area contributed by atoms with Gasteiger partial charge in [0.05, 0.1) is 7.11 Å². The predicted molar refractivity (Wildman–Crippen MR) is 75.0 cm³/mol. The van der Waals surface area contributed by atoms with Gasteiger partial charge >= 0.3 is 0 Å². The van der Waals surface area contributed by atoms with Crippen LogP contribution in [0.1, 0.15) is 30.7 Å². The van der Waals surface area contributed by atoms with Crippen molar-refractivity contribution in [1.29, 1.82) is 0 Å². The zero-order valence-corrected chi connectivity index (χ0v) is 11.6. The molecule has 1 heterocycles. The summed E-state index contributed by atoms with van der Waals surface area (Å²) in [7, 11) is 1.65. The summed E-state index contributed by atoms with van der Waals surface area (Å²) in [6, 6.07) is 4.81. The average Bonchev–Trinajstić information content (AvgIpc) is 2.45. The first-order valence-corrected chi connectivity index (χ1v) is 7.00. The van der Waals surface area contributed by atoms with E-state index in [-0.39, 0.29) is 5.82 Å². The van der Waals surface area contributed by atoms with E-state index >= 15 is 0 Å². The molecule has 1 aromatic rings. The minimum Gasteiger partial charge on any atom is -0.496 e. The van der Waals surface area contributed by atoms with E-state index in [1.807, 2.05) is 0 Å². The molecule has 1 saturated heterocycles. The average molecular weight is 266 g/mol. The number of halogens is 1. The second-order valence-corrected chi connectivity index (χ2v) is 5.14. The molecule has 1 fully saturated rings. The molecule has 1 aliphatic rings. The van der Waals surface area contributed by atoms with Crippen molar-refractivity contribution in [2.75, 3.05) is 33.3 Å². The minimum atomic E-state index is -0.179. The molecule has 0 saturated carbocycles. The van der Waals surface area contributed by atoms with Crippen LogP contribution in [0.4, 0.5) is 4.39 Å². The first-order chi connectivity index (χ1) is 9.24. The summed E-state index contributed by atoms with van der Waals surface area (Å²) >= 11 is 0. The van der Waals surface area contributed by atoms with Crippen LogP contribution in [-0.2, 0) is 0 Å². The van der Waals surface area contributed by atoms with Gasteiger partial charge in [-0.3, -0.25) is 0 Å². The highest BCUT2D eigenvalue weighted by Crippen LogP contribution is 2.34. The molecule has 19 heavy (non-hydrogen) atoms. The van der Waals surface area contributed by atoms with Gasteiger partial charge in [0.15, 0.2) is 0 Å². The van der Waals surface area contributed by atoms with Gasteiger partial charge < -0.3 is 15.4 Å². The van der Waals surface area contributed by atoms with Crippen LogP contribution in [-0.4, -0.2) is 38.2 Å². The predicted octanol–water partition coefficient (Wildman–Crippen LogP) is 2.36. The summed E-state index contributed by atoms with van der Waals surface area (Å²) < 4.78 is 18.8. The zero-order chi connectivity index (χ0) is 13.7. The van der Waals surface area contributed by atoms with E-state index in [4.69, 9.17) is 10.5 Å². The van der Waals surface area contributed by atoms with Crippen molar-refractivity contribution in [2.24, 2.45) is 5.73 Å². The second kappa shape index (κ2) is 6.87. The second-order valence-electron chi connectivity index (χ2n) is 5.14. The Morgan fingerprint density at radius 2 is 2.11 bits per heavy atom. The van der Waals surface area contributed by atoms with Crippen molar-refractivity contribution in [3.05, 3.63) is 29.6 Å². The number of ether oxygens (including phenoxy) is 1. The molecule has 0 atom stereocenters. The molecule has 106 valence electrons. The molecule has 0 bridgehead atoms. The SMILES string of the molecule is COc1ccc(F)cc1C1CCN(CCCN)CC1. The molecule has 4 heteroatoms. The third-order valence-corrected chi connectivity index (χ3v) is 3.90. The lowest BCUT2D eigenvalue weighted by Gasteiger charge is -2.32. The fraction of sp³-hybridized carbons (Fsp3) is 0.600. The maximum Gasteiger partial charge on any atom is 0.123 e. The van der Waals surface area contributed by atoms with E-state index in [1.54, 1.807) is 19.2 Å². The maximum atomic E-state index is 13.4. The number of methoxy groups -OCH3 is 1. The minimum absolute atomic E-state index is 0.179. The lowest BCUT2D eigenvalue weighted by atomic mass is 9.88. The highest BCUT2D eigenvalue weighted by atomic mass is 19.1. The summed E-state index contributed by atoms with van der Waals surface area (Å²) in [5, 5.41) is 0. The van der Waals surface area contributed by atoms with Crippen LogP contribution in [0.5, 0.6) is 5.75 Å². The molecule has 0 spiro atoms. The molecule has 1 aromatic carbocycles. The number of nitrogens with zero attached hydrogens (tertiary/aromatic N) is 1. The van der Waals surface area contributed by atoms with E-state index in [2.05, 4.69) is 4.90 Å². The van der Waals surface area contributed by atoms with Crippen molar-refractivity contribution in [2.45, 2.75) is 25.2 Å². The molecule has 0 amide bonds. The topological polar surface area (TPSA) is 38.5 Å². The Hall–Kier alpha value is -1.13. The van der Waals surface area contributed by atoms with Crippen LogP contribution in [0.15, 0.2) is 18.2 Å². The highest BCUT2D eigenvalue weighted by Gasteiger charge is 2.23. The van der Waals surface area contributed by atoms with Gasteiger partial charge in [-0.15, -0.1) is 0 Å². The van der Waals surface area contributed by atoms with E-state index < -0.39 is 0 Å². The van der Waals surface area contributed by atoms with Crippen LogP contribution >= 0.6 is 0 Å². The van der Waals surface area contributed by atoms with Crippen LogP contribution in [0.25, 0.3) is 0 Å². The zero-order valence-electron chi connectivity index (χ0n) is 11.6. The highest BCUT2D eigenvalue weighted by molar-refractivity contribution is 5.37. The summed E-state index contributed by atoms with van der Waals surface area (Å²) in [6.07, 6.45) is 3.17. The molecule has 0 radical (unpaired) electrons. The van der Waals surface area contributed by atoms with Gasteiger partial charge in [-0.05, 0) is 69.6 Å². The largest absolute Gasteiger partial charge is 0.496 e. The van der Waals surface area contributed by atoms with E-state index in [0.29, 0.717) is 5.92 Å². The molecular formula is C15H23FN2O. The molecule has 1 aliphatic heterocycles. The lowest BCUT2D eigenvalue weighted by molar-refractivity contribution is 0.209. The van der Waals surface area contributed by atoms with Gasteiger partial charge in [-0.2, -0.15) is 0 Å². The molecule has 0 aromatic heterocycles. The smallest absolute Gasteiger partial charge is 0.123 e. The van der Waals surface area contributed by atoms with Crippen LogP contribution in [0.2, 0.25) is 0 Å². The summed E-state index contributed by atoms with van der Waals surface area (Å²) in [5.74, 6) is 1.03. The Bertz CT molecular complexity index is 403. The van der Waals surface area contributed by atoms with Crippen LogP contribution in [0.3, 0.4) is 0 Å². The van der Waals surface area contributed by atoms with Gasteiger partial charge in [0.1, 0.15) is 11.6 Å². The van der Waals surface area contributed by atoms with Gasteiger partial charge in [-0.1, -0.05) is 0 Å². The summed E-state index contributed by atoms with van der Waals surface area (Å²) in [5.41, 5.74) is 6.55. The number of hydrogen-bond donors (Lipinski definition) is 1. The Balaban J connectivity index is 1.99. The third-order valence-electron chi connectivity index (χ3n) is 3.90. The Morgan fingerprint density at radius 1 is 1.37 bits per heavy atom. The standard InChI is InChI=1S/C15H23FN2O/c1-19-15-4-3-13(16)11-14(15)12-5-9-18(10-6-12)8-2-7-17/h3-4,11-12H,2,5-10,17H2,1H3. The molecule has 0 aliphatic carbocycles. The van der Waals surface area contributed by atoms with E-state index in [9.17, 15) is 4.39 Å². The summed E-state index contributed by atoms with van der Waals surface area (Å²) in [6.45, 7) is 3.94. The third kappa shape index (κ3) is 3.67. The normalized spacial score (nSPS) is 17.6. The molecule has 0 unspecified atom stereocenters. The molecular weight excluding hydrogens is 243 g/mol. The van der Waals surface area contributed by atoms with Gasteiger partial charge in [0.25, 0.3) is 0 Å². The maximum absolute atomic E-state index is 13.4. The number of hydrogen-bond acceptors (Lipinski definition) is 3. The first kappa shape index (κ1) is 14.3. The van der Waals surface area contributed by atoms with E-state index in [1.165, 1.54) is 6.07 Å². The molecule has 2 rings (SSSR count). The fourth-order valence-electron chi connectivity index (χ4n) is 2.81. The number of nitrogens with two attached hydrogens (primary N) is 1. The van der Waals surface area contributed by atoms with Crippen LogP contribution in [0, 0.1) is 5.82 Å². The summed E-state index contributed by atoms with van der Waals surface area (Å²) in [4.78, 5) is 2.44. The Morgan fingerprint density at radius 3 is 2.74 bits per heavy atom.